The lowest BCUT2D eigenvalue weighted by atomic mass is 10.2. The molecule has 17 heavy (non-hydrogen) atoms. The van der Waals surface area contributed by atoms with Crippen LogP contribution in [-0.4, -0.2) is 42.8 Å². The molecule has 5 nitrogen and oxygen atoms in total. The van der Waals surface area contributed by atoms with Gasteiger partial charge in [-0.25, -0.2) is 5.43 Å². The van der Waals surface area contributed by atoms with Gasteiger partial charge in [0.05, 0.1) is 0 Å². The van der Waals surface area contributed by atoms with Crippen molar-refractivity contribution in [2.24, 2.45) is 21.7 Å². The second-order valence-electron chi connectivity index (χ2n) is 4.54. The van der Waals surface area contributed by atoms with Gasteiger partial charge in [0.2, 0.25) is 5.96 Å². The Hall–Kier alpha value is -1.10. The lowest BCUT2D eigenvalue weighted by molar-refractivity contribution is 0.346. The van der Waals surface area contributed by atoms with Crippen molar-refractivity contribution in [1.29, 1.82) is 0 Å². The highest BCUT2D eigenvalue weighted by atomic mass is 15.4. The zero-order chi connectivity index (χ0) is 13.3. The second kappa shape index (κ2) is 8.98. The molecule has 0 aromatic heterocycles. The normalized spacial score (nSPS) is 13.6. The summed E-state index contributed by atoms with van der Waals surface area (Å²) in [5.74, 6) is 0.897. The van der Waals surface area contributed by atoms with Crippen LogP contribution in [0.1, 0.15) is 34.6 Å². The minimum atomic E-state index is 0.387. The van der Waals surface area contributed by atoms with E-state index < -0.39 is 0 Å². The molecule has 0 unspecified atom stereocenters. The molecule has 0 atom stereocenters. The molecule has 3 N–H and O–H groups in total. The standard InChI is InChI=1S/C12H27N5/c1-6-17(7-2)9-11(5)15-16-12(13)14-8-10(3)4/h10H,6-9H2,1-5H3,(H3,13,14,16)/b15-11-. The molecular weight excluding hydrogens is 214 g/mol. The van der Waals surface area contributed by atoms with Crippen LogP contribution < -0.4 is 11.2 Å². The van der Waals surface area contributed by atoms with Crippen LogP contribution >= 0.6 is 0 Å². The summed E-state index contributed by atoms with van der Waals surface area (Å²) < 4.78 is 0. The molecule has 0 aromatic rings. The Morgan fingerprint density at radius 2 is 1.88 bits per heavy atom. The van der Waals surface area contributed by atoms with Crippen LogP contribution in [0.5, 0.6) is 0 Å². The van der Waals surface area contributed by atoms with Crippen LogP contribution in [-0.2, 0) is 0 Å². The molecule has 0 aliphatic carbocycles. The highest BCUT2D eigenvalue weighted by Crippen LogP contribution is 1.91. The smallest absolute Gasteiger partial charge is 0.209 e. The summed E-state index contributed by atoms with van der Waals surface area (Å²) in [7, 11) is 0. The topological polar surface area (TPSA) is 66.0 Å². The third-order valence-corrected chi connectivity index (χ3v) is 2.33. The maximum absolute atomic E-state index is 5.68. The van der Waals surface area contributed by atoms with Gasteiger partial charge in [0.1, 0.15) is 0 Å². The number of hydrogen-bond acceptors (Lipinski definition) is 3. The first-order chi connectivity index (χ1) is 7.99. The first kappa shape index (κ1) is 15.9. The van der Waals surface area contributed by atoms with Crippen molar-refractivity contribution < 1.29 is 0 Å². The van der Waals surface area contributed by atoms with E-state index in [4.69, 9.17) is 5.73 Å². The van der Waals surface area contributed by atoms with Crippen LogP contribution in [0.15, 0.2) is 10.1 Å². The predicted molar refractivity (Wildman–Crippen MR) is 75.4 cm³/mol. The van der Waals surface area contributed by atoms with Gasteiger partial charge in [-0.15, -0.1) is 0 Å². The van der Waals surface area contributed by atoms with E-state index in [1.54, 1.807) is 0 Å². The molecule has 0 aromatic carbocycles. The van der Waals surface area contributed by atoms with Gasteiger partial charge in [0.15, 0.2) is 0 Å². The van der Waals surface area contributed by atoms with Gasteiger partial charge < -0.3 is 5.73 Å². The minimum Gasteiger partial charge on any atom is -0.369 e. The third-order valence-electron chi connectivity index (χ3n) is 2.33. The Balaban J connectivity index is 4.09. The van der Waals surface area contributed by atoms with Gasteiger partial charge in [-0.1, -0.05) is 27.7 Å². The van der Waals surface area contributed by atoms with E-state index in [0.29, 0.717) is 11.9 Å². The molecule has 0 aliphatic heterocycles. The largest absolute Gasteiger partial charge is 0.369 e. The highest BCUT2D eigenvalue weighted by molar-refractivity contribution is 5.86. The van der Waals surface area contributed by atoms with E-state index in [9.17, 15) is 0 Å². The zero-order valence-electron chi connectivity index (χ0n) is 11.8. The molecule has 0 rings (SSSR count). The van der Waals surface area contributed by atoms with E-state index in [1.165, 1.54) is 0 Å². The van der Waals surface area contributed by atoms with Crippen molar-refractivity contribution in [3.8, 4) is 0 Å². The lowest BCUT2D eigenvalue weighted by Gasteiger charge is -2.17. The van der Waals surface area contributed by atoms with Crippen LogP contribution in [0.4, 0.5) is 0 Å². The first-order valence-electron chi connectivity index (χ1n) is 6.31. The fraction of sp³-hybridized carbons (Fsp3) is 0.833. The summed E-state index contributed by atoms with van der Waals surface area (Å²) in [6, 6.07) is 0. The number of hydrogen-bond donors (Lipinski definition) is 2. The summed E-state index contributed by atoms with van der Waals surface area (Å²) in [4.78, 5) is 6.47. The van der Waals surface area contributed by atoms with Crippen molar-refractivity contribution in [1.82, 2.24) is 10.3 Å². The molecular formula is C12H27N5. The van der Waals surface area contributed by atoms with Crippen LogP contribution in [0.3, 0.4) is 0 Å². The average molecular weight is 241 g/mol. The van der Waals surface area contributed by atoms with Crippen molar-refractivity contribution in [3.63, 3.8) is 0 Å². The average Bonchev–Trinajstić information content (AvgIpc) is 2.30. The van der Waals surface area contributed by atoms with Crippen LogP contribution in [0, 0.1) is 5.92 Å². The van der Waals surface area contributed by atoms with Gasteiger partial charge in [0.25, 0.3) is 0 Å². The van der Waals surface area contributed by atoms with Gasteiger partial charge in [-0.3, -0.25) is 9.89 Å². The first-order valence-corrected chi connectivity index (χ1v) is 6.31. The van der Waals surface area contributed by atoms with E-state index in [2.05, 4.69) is 48.1 Å². The summed E-state index contributed by atoms with van der Waals surface area (Å²) in [5, 5.41) is 4.21. The van der Waals surface area contributed by atoms with E-state index >= 15 is 0 Å². The van der Waals surface area contributed by atoms with Crippen molar-refractivity contribution >= 4 is 11.7 Å². The molecule has 0 saturated carbocycles. The van der Waals surface area contributed by atoms with Gasteiger partial charge in [-0.2, -0.15) is 5.10 Å². The third kappa shape index (κ3) is 8.68. The van der Waals surface area contributed by atoms with Gasteiger partial charge >= 0.3 is 0 Å². The molecule has 0 fully saturated rings. The number of hydrazone groups is 1. The number of nitrogens with zero attached hydrogens (tertiary/aromatic N) is 3. The number of aliphatic imine (C=N–C) groups is 1. The fourth-order valence-corrected chi connectivity index (χ4v) is 1.28. The zero-order valence-corrected chi connectivity index (χ0v) is 11.8. The number of rotatable bonds is 7. The van der Waals surface area contributed by atoms with Gasteiger partial charge in [-0.05, 0) is 25.9 Å². The highest BCUT2D eigenvalue weighted by Gasteiger charge is 2.00. The predicted octanol–water partition coefficient (Wildman–Crippen LogP) is 1.26. The van der Waals surface area contributed by atoms with E-state index in [1.807, 2.05) is 6.92 Å². The molecule has 0 aliphatic rings. The Labute approximate surface area is 105 Å². The molecule has 0 spiro atoms. The summed E-state index contributed by atoms with van der Waals surface area (Å²) in [5.41, 5.74) is 9.48. The van der Waals surface area contributed by atoms with Crippen LogP contribution in [0.25, 0.3) is 0 Å². The Morgan fingerprint density at radius 1 is 1.29 bits per heavy atom. The number of nitrogens with two attached hydrogens (primary N) is 1. The van der Waals surface area contributed by atoms with Crippen molar-refractivity contribution in [2.75, 3.05) is 26.2 Å². The summed E-state index contributed by atoms with van der Waals surface area (Å²) in [6.45, 7) is 14.1. The quantitative estimate of drug-likeness (QED) is 0.401. The van der Waals surface area contributed by atoms with Crippen molar-refractivity contribution in [2.45, 2.75) is 34.6 Å². The number of nitrogens with one attached hydrogen (secondary N) is 1. The SMILES string of the molecule is CCN(CC)C/C(C)=N\NC(N)=NCC(C)C. The molecule has 5 heteroatoms. The Morgan fingerprint density at radius 3 is 2.35 bits per heavy atom. The Bertz CT molecular complexity index is 254. The fourth-order valence-electron chi connectivity index (χ4n) is 1.28. The lowest BCUT2D eigenvalue weighted by Crippen LogP contribution is -2.32. The Kier molecular flexibility index (Phi) is 8.40. The van der Waals surface area contributed by atoms with Crippen molar-refractivity contribution in [3.05, 3.63) is 0 Å². The summed E-state index contributed by atoms with van der Waals surface area (Å²) in [6.07, 6.45) is 0. The molecule has 0 radical (unpaired) electrons. The molecule has 0 heterocycles. The maximum atomic E-state index is 5.68. The number of guanidine groups is 1. The van der Waals surface area contributed by atoms with E-state index in [-0.39, 0.29) is 0 Å². The van der Waals surface area contributed by atoms with Gasteiger partial charge in [0, 0.05) is 18.8 Å². The molecule has 100 valence electrons. The summed E-state index contributed by atoms with van der Waals surface area (Å²) >= 11 is 0. The maximum Gasteiger partial charge on any atom is 0.209 e. The monoisotopic (exact) mass is 241 g/mol. The van der Waals surface area contributed by atoms with E-state index in [0.717, 1.165) is 31.9 Å². The molecule has 0 bridgehead atoms. The van der Waals surface area contributed by atoms with Crippen LogP contribution in [0.2, 0.25) is 0 Å². The molecule has 0 amide bonds. The minimum absolute atomic E-state index is 0.387. The molecule has 0 saturated heterocycles. The second-order valence-corrected chi connectivity index (χ2v) is 4.54.